The fourth-order valence-corrected chi connectivity index (χ4v) is 2.24. The van der Waals surface area contributed by atoms with E-state index in [1.165, 1.54) is 0 Å². The number of H-pyrrole nitrogens is 1. The zero-order chi connectivity index (χ0) is 16.3. The maximum absolute atomic E-state index is 12.9. The van der Waals surface area contributed by atoms with Crippen molar-refractivity contribution in [1.29, 1.82) is 5.26 Å². The lowest BCUT2D eigenvalue weighted by molar-refractivity contribution is -0.141. The van der Waals surface area contributed by atoms with Gasteiger partial charge >= 0.3 is 6.18 Å². The van der Waals surface area contributed by atoms with Crippen LogP contribution in [-0.4, -0.2) is 11.6 Å². The maximum Gasteiger partial charge on any atom is 0.431 e. The van der Waals surface area contributed by atoms with Gasteiger partial charge in [-0.05, 0) is 30.7 Å². The van der Waals surface area contributed by atoms with Crippen LogP contribution in [0, 0.1) is 16.0 Å². The Morgan fingerprint density at radius 3 is 2.64 bits per heavy atom. The van der Waals surface area contributed by atoms with Crippen LogP contribution in [-0.2, 0) is 6.18 Å². The highest BCUT2D eigenvalue weighted by Crippen LogP contribution is 2.33. The van der Waals surface area contributed by atoms with Crippen molar-refractivity contribution in [3.8, 4) is 22.9 Å². The molecule has 3 nitrogen and oxygen atoms in total. The molecule has 0 radical (unpaired) electrons. The molecule has 0 fully saturated rings. The molecule has 0 saturated carbocycles. The molecule has 0 aliphatic rings. The zero-order valence-electron chi connectivity index (χ0n) is 11.5. The van der Waals surface area contributed by atoms with E-state index in [1.54, 1.807) is 31.2 Å². The molecule has 0 aliphatic heterocycles. The standard InChI is InChI=1S/C15H11F3N2OS/c1-2-21-10-5-3-4-9(6-10)11-7-13(15(16,17)18)20-14(22)12(11)8-19/h3-7H,2H2,1H3,(H,20,22). The fourth-order valence-electron chi connectivity index (χ4n) is 1.97. The molecule has 0 bridgehead atoms. The number of nitrogens with zero attached hydrogens (tertiary/aromatic N) is 1. The van der Waals surface area contributed by atoms with Crippen LogP contribution in [0.5, 0.6) is 5.75 Å². The molecular weight excluding hydrogens is 313 g/mol. The first-order valence-electron chi connectivity index (χ1n) is 6.34. The highest BCUT2D eigenvalue weighted by atomic mass is 32.1. The monoisotopic (exact) mass is 324 g/mol. The van der Waals surface area contributed by atoms with Crippen LogP contribution in [0.15, 0.2) is 30.3 Å². The van der Waals surface area contributed by atoms with Gasteiger partial charge in [-0.2, -0.15) is 18.4 Å². The van der Waals surface area contributed by atoms with Crippen LogP contribution >= 0.6 is 12.2 Å². The summed E-state index contributed by atoms with van der Waals surface area (Å²) < 4.78 is 43.8. The van der Waals surface area contributed by atoms with Crippen LogP contribution in [0.25, 0.3) is 11.1 Å². The molecule has 1 heterocycles. The van der Waals surface area contributed by atoms with Gasteiger partial charge in [0.25, 0.3) is 0 Å². The molecular formula is C15H11F3N2OS. The van der Waals surface area contributed by atoms with Crippen molar-refractivity contribution in [3.63, 3.8) is 0 Å². The SMILES string of the molecule is CCOc1cccc(-c2cc(C(F)(F)F)[nH]c(=S)c2C#N)c1. The number of halogens is 3. The highest BCUT2D eigenvalue weighted by Gasteiger charge is 2.32. The topological polar surface area (TPSA) is 48.8 Å². The lowest BCUT2D eigenvalue weighted by Gasteiger charge is -2.12. The molecule has 114 valence electrons. The van der Waals surface area contributed by atoms with E-state index < -0.39 is 11.9 Å². The Hall–Kier alpha value is -2.33. The summed E-state index contributed by atoms with van der Waals surface area (Å²) in [5.74, 6) is 0.510. The Morgan fingerprint density at radius 1 is 1.32 bits per heavy atom. The molecule has 22 heavy (non-hydrogen) atoms. The van der Waals surface area contributed by atoms with E-state index in [-0.39, 0.29) is 15.8 Å². The molecule has 0 saturated heterocycles. The van der Waals surface area contributed by atoms with E-state index >= 15 is 0 Å². The summed E-state index contributed by atoms with van der Waals surface area (Å²) in [6.07, 6.45) is -4.58. The molecule has 0 amide bonds. The normalized spacial score (nSPS) is 11.0. The second-order valence-electron chi connectivity index (χ2n) is 4.37. The third-order valence-corrected chi connectivity index (χ3v) is 3.21. The first-order valence-corrected chi connectivity index (χ1v) is 6.75. The average molecular weight is 324 g/mol. The van der Waals surface area contributed by atoms with Gasteiger partial charge in [0.1, 0.15) is 22.2 Å². The van der Waals surface area contributed by atoms with Gasteiger partial charge in [-0.25, -0.2) is 0 Å². The van der Waals surface area contributed by atoms with E-state index in [4.69, 9.17) is 17.0 Å². The molecule has 1 aromatic carbocycles. The number of aromatic nitrogens is 1. The molecule has 1 N–H and O–H groups in total. The minimum Gasteiger partial charge on any atom is -0.494 e. The first-order chi connectivity index (χ1) is 10.4. The van der Waals surface area contributed by atoms with Crippen molar-refractivity contribution in [1.82, 2.24) is 4.98 Å². The summed E-state index contributed by atoms with van der Waals surface area (Å²) in [6, 6.07) is 9.26. The van der Waals surface area contributed by atoms with E-state index in [0.717, 1.165) is 6.07 Å². The maximum atomic E-state index is 12.9. The Labute approximate surface area is 130 Å². The summed E-state index contributed by atoms with van der Waals surface area (Å²) in [6.45, 7) is 2.23. The number of nitriles is 1. The van der Waals surface area contributed by atoms with E-state index in [9.17, 15) is 18.4 Å². The third-order valence-electron chi connectivity index (χ3n) is 2.91. The molecule has 2 rings (SSSR count). The van der Waals surface area contributed by atoms with Crippen LogP contribution in [0.4, 0.5) is 13.2 Å². The summed E-state index contributed by atoms with van der Waals surface area (Å²) in [4.78, 5) is 2.05. The van der Waals surface area contributed by atoms with Crippen LogP contribution < -0.4 is 4.74 Å². The van der Waals surface area contributed by atoms with Crippen LogP contribution in [0.2, 0.25) is 0 Å². The summed E-state index contributed by atoms with van der Waals surface area (Å²) in [5, 5.41) is 9.18. The van der Waals surface area contributed by atoms with E-state index in [2.05, 4.69) is 4.98 Å². The van der Waals surface area contributed by atoms with Crippen molar-refractivity contribution in [2.75, 3.05) is 6.61 Å². The van der Waals surface area contributed by atoms with Gasteiger partial charge < -0.3 is 9.72 Å². The van der Waals surface area contributed by atoms with Crippen LogP contribution in [0.1, 0.15) is 18.2 Å². The summed E-state index contributed by atoms with van der Waals surface area (Å²) >= 11 is 4.87. The van der Waals surface area contributed by atoms with Gasteiger partial charge in [-0.3, -0.25) is 0 Å². The lowest BCUT2D eigenvalue weighted by Crippen LogP contribution is -2.09. The minimum absolute atomic E-state index is 0.00310. The average Bonchev–Trinajstić information content (AvgIpc) is 2.46. The molecule has 0 unspecified atom stereocenters. The van der Waals surface area contributed by atoms with Crippen molar-refractivity contribution in [3.05, 3.63) is 46.2 Å². The number of aromatic amines is 1. The Bertz CT molecular complexity index is 791. The second kappa shape index (κ2) is 6.20. The molecule has 2 aromatic rings. The quantitative estimate of drug-likeness (QED) is 0.833. The van der Waals surface area contributed by atoms with Crippen molar-refractivity contribution >= 4 is 12.2 Å². The van der Waals surface area contributed by atoms with Gasteiger partial charge in [-0.1, -0.05) is 24.4 Å². The number of rotatable bonds is 3. The molecule has 7 heteroatoms. The molecule has 0 atom stereocenters. The zero-order valence-corrected chi connectivity index (χ0v) is 12.3. The summed E-state index contributed by atoms with van der Waals surface area (Å²) in [7, 11) is 0. The Balaban J connectivity index is 2.68. The van der Waals surface area contributed by atoms with Crippen LogP contribution in [0.3, 0.4) is 0 Å². The second-order valence-corrected chi connectivity index (χ2v) is 4.78. The Kier molecular flexibility index (Phi) is 4.52. The van der Waals surface area contributed by atoms with E-state index in [1.807, 2.05) is 6.07 Å². The van der Waals surface area contributed by atoms with Gasteiger partial charge in [0, 0.05) is 5.56 Å². The molecule has 1 aromatic heterocycles. The van der Waals surface area contributed by atoms with Crippen molar-refractivity contribution in [2.24, 2.45) is 0 Å². The van der Waals surface area contributed by atoms with Crippen molar-refractivity contribution in [2.45, 2.75) is 13.1 Å². The lowest BCUT2D eigenvalue weighted by atomic mass is 10.0. The highest BCUT2D eigenvalue weighted by molar-refractivity contribution is 7.71. The molecule has 0 aliphatic carbocycles. The summed E-state index contributed by atoms with van der Waals surface area (Å²) in [5.41, 5.74) is -0.432. The van der Waals surface area contributed by atoms with Gasteiger partial charge in [0.05, 0.1) is 12.2 Å². The van der Waals surface area contributed by atoms with Crippen molar-refractivity contribution < 1.29 is 17.9 Å². The number of hydrogen-bond acceptors (Lipinski definition) is 3. The molecule has 0 spiro atoms. The van der Waals surface area contributed by atoms with Gasteiger partial charge in [-0.15, -0.1) is 0 Å². The number of pyridine rings is 1. The number of alkyl halides is 3. The number of nitrogens with one attached hydrogen (secondary N) is 1. The predicted octanol–water partition coefficient (Wildman–Crippen LogP) is 4.70. The third kappa shape index (κ3) is 3.28. The van der Waals surface area contributed by atoms with Gasteiger partial charge in [0.2, 0.25) is 0 Å². The fraction of sp³-hybridized carbons (Fsp3) is 0.200. The minimum atomic E-state index is -4.58. The smallest absolute Gasteiger partial charge is 0.431 e. The van der Waals surface area contributed by atoms with E-state index in [0.29, 0.717) is 17.9 Å². The largest absolute Gasteiger partial charge is 0.494 e. The predicted molar refractivity (Wildman–Crippen MR) is 77.9 cm³/mol. The number of hydrogen-bond donors (Lipinski definition) is 1. The number of ether oxygens (including phenoxy) is 1. The van der Waals surface area contributed by atoms with Gasteiger partial charge in [0.15, 0.2) is 0 Å². The number of benzene rings is 1. The Morgan fingerprint density at radius 2 is 2.05 bits per heavy atom. The first kappa shape index (κ1) is 16.0.